The van der Waals surface area contributed by atoms with Gasteiger partial charge in [0.05, 0.1) is 24.2 Å². The molecule has 3 heterocycles. The molecule has 2 aromatic carbocycles. The fourth-order valence-corrected chi connectivity index (χ4v) is 3.92. The van der Waals surface area contributed by atoms with Gasteiger partial charge in [-0.2, -0.15) is 5.10 Å². The maximum absolute atomic E-state index is 14.9. The van der Waals surface area contributed by atoms with Crippen LogP contribution in [0.25, 0.3) is 10.9 Å². The fraction of sp³-hybridized carbons (Fsp3) is 0.160. The SMILES string of the molecule is COc1ccc([C@H](NC(=O)c2cc(F)c3cnc(Nc4ccnn4C)nc3c2)c2nccn2C)cc1F. The van der Waals surface area contributed by atoms with Crippen LogP contribution in [0.2, 0.25) is 0 Å². The van der Waals surface area contributed by atoms with E-state index in [2.05, 4.69) is 30.7 Å². The number of ether oxygens (including phenoxy) is 1. The van der Waals surface area contributed by atoms with Gasteiger partial charge in [0.25, 0.3) is 5.91 Å². The molecule has 5 aromatic rings. The summed E-state index contributed by atoms with van der Waals surface area (Å²) in [5, 5.41) is 10.1. The van der Waals surface area contributed by atoms with Gasteiger partial charge in [-0.1, -0.05) is 6.07 Å². The number of aryl methyl sites for hydroxylation is 2. The Labute approximate surface area is 210 Å². The number of hydrogen-bond acceptors (Lipinski definition) is 7. The van der Waals surface area contributed by atoms with Crippen LogP contribution in [0.1, 0.15) is 27.8 Å². The number of nitrogens with one attached hydrogen (secondary N) is 2. The van der Waals surface area contributed by atoms with Gasteiger partial charge < -0.3 is 19.9 Å². The number of anilines is 2. The number of benzene rings is 2. The lowest BCUT2D eigenvalue weighted by Gasteiger charge is -2.20. The molecule has 12 heteroatoms. The molecular weight excluding hydrogens is 482 g/mol. The molecule has 3 aromatic heterocycles. The molecule has 0 fully saturated rings. The standard InChI is InChI=1S/C25H22F2N8O2/c1-34-9-8-28-23(34)22(14-4-5-20(37-3)18(27)10-14)33-24(36)15-11-17(26)16-13-29-25(31-19(16)12-15)32-21-6-7-30-35(21)2/h4-13,22H,1-3H3,(H,33,36)(H,29,31,32)/t22-/m0/s1. The summed E-state index contributed by atoms with van der Waals surface area (Å²) in [5.41, 5.74) is 0.699. The molecule has 0 aliphatic heterocycles. The first kappa shape index (κ1) is 23.9. The maximum atomic E-state index is 14.9. The van der Waals surface area contributed by atoms with Gasteiger partial charge in [-0.25, -0.2) is 23.7 Å². The molecule has 0 radical (unpaired) electrons. The summed E-state index contributed by atoms with van der Waals surface area (Å²) in [5.74, 6) is -0.449. The zero-order chi connectivity index (χ0) is 26.1. The third kappa shape index (κ3) is 4.68. The summed E-state index contributed by atoms with van der Waals surface area (Å²) in [6.07, 6.45) is 6.22. The normalized spacial score (nSPS) is 11.9. The first-order valence-corrected chi connectivity index (χ1v) is 11.2. The van der Waals surface area contributed by atoms with E-state index in [-0.39, 0.29) is 28.2 Å². The summed E-state index contributed by atoms with van der Waals surface area (Å²) < 4.78 is 37.7. The molecule has 1 amide bonds. The monoisotopic (exact) mass is 504 g/mol. The average Bonchev–Trinajstić information content (AvgIpc) is 3.49. The van der Waals surface area contributed by atoms with Crippen LogP contribution in [0.5, 0.6) is 5.75 Å². The Hall–Kier alpha value is -4.87. The highest BCUT2D eigenvalue weighted by molar-refractivity contribution is 5.98. The lowest BCUT2D eigenvalue weighted by Crippen LogP contribution is -2.31. The predicted molar refractivity (Wildman–Crippen MR) is 131 cm³/mol. The Morgan fingerprint density at radius 3 is 2.57 bits per heavy atom. The van der Waals surface area contributed by atoms with Crippen LogP contribution in [0.4, 0.5) is 20.5 Å². The van der Waals surface area contributed by atoms with Crippen molar-refractivity contribution in [3.05, 3.63) is 89.8 Å². The minimum Gasteiger partial charge on any atom is -0.494 e. The summed E-state index contributed by atoms with van der Waals surface area (Å²) >= 11 is 0. The average molecular weight is 505 g/mol. The van der Waals surface area contributed by atoms with Gasteiger partial charge in [-0.15, -0.1) is 0 Å². The molecule has 0 aliphatic rings. The van der Waals surface area contributed by atoms with Crippen molar-refractivity contribution in [3.63, 3.8) is 0 Å². The molecular formula is C25H22F2N8O2. The Bertz CT molecular complexity index is 1610. The van der Waals surface area contributed by atoms with E-state index in [0.29, 0.717) is 17.2 Å². The van der Waals surface area contributed by atoms with Crippen LogP contribution in [0, 0.1) is 11.6 Å². The largest absolute Gasteiger partial charge is 0.494 e. The molecule has 0 bridgehead atoms. The number of carbonyl (C=O) groups is 1. The van der Waals surface area contributed by atoms with E-state index in [4.69, 9.17) is 4.74 Å². The highest BCUT2D eigenvalue weighted by Crippen LogP contribution is 2.27. The van der Waals surface area contributed by atoms with Crippen LogP contribution in [0.15, 0.2) is 61.2 Å². The Balaban J connectivity index is 1.49. The Morgan fingerprint density at radius 2 is 1.89 bits per heavy atom. The zero-order valence-electron chi connectivity index (χ0n) is 20.1. The first-order valence-electron chi connectivity index (χ1n) is 11.2. The molecule has 0 saturated heterocycles. The lowest BCUT2D eigenvalue weighted by molar-refractivity contribution is 0.0940. The maximum Gasteiger partial charge on any atom is 0.252 e. The number of methoxy groups -OCH3 is 1. The van der Waals surface area contributed by atoms with E-state index in [9.17, 15) is 13.6 Å². The van der Waals surface area contributed by atoms with Crippen LogP contribution < -0.4 is 15.4 Å². The quantitative estimate of drug-likeness (QED) is 0.348. The van der Waals surface area contributed by atoms with E-state index in [1.54, 1.807) is 54.1 Å². The van der Waals surface area contributed by atoms with Gasteiger partial charge in [-0.3, -0.25) is 9.48 Å². The summed E-state index contributed by atoms with van der Waals surface area (Å²) in [6.45, 7) is 0. The number of rotatable bonds is 7. The van der Waals surface area contributed by atoms with Crippen molar-refractivity contribution in [1.82, 2.24) is 34.6 Å². The number of hydrogen-bond donors (Lipinski definition) is 2. The van der Waals surface area contributed by atoms with E-state index >= 15 is 0 Å². The third-order valence-corrected chi connectivity index (χ3v) is 5.87. The topological polar surface area (TPSA) is 112 Å². The molecule has 0 unspecified atom stereocenters. The van der Waals surface area contributed by atoms with Crippen molar-refractivity contribution >= 4 is 28.6 Å². The molecule has 2 N–H and O–H groups in total. The third-order valence-electron chi connectivity index (χ3n) is 5.87. The van der Waals surface area contributed by atoms with Crippen LogP contribution in [-0.2, 0) is 14.1 Å². The van der Waals surface area contributed by atoms with Crippen LogP contribution >= 0.6 is 0 Å². The van der Waals surface area contributed by atoms with Crippen LogP contribution in [-0.4, -0.2) is 42.3 Å². The second kappa shape index (κ2) is 9.64. The Morgan fingerprint density at radius 1 is 1.05 bits per heavy atom. The van der Waals surface area contributed by atoms with Crippen LogP contribution in [0.3, 0.4) is 0 Å². The zero-order valence-corrected chi connectivity index (χ0v) is 20.1. The molecule has 0 saturated carbocycles. The molecule has 1 atom stereocenters. The van der Waals surface area contributed by atoms with E-state index in [1.807, 2.05) is 0 Å². The molecule has 0 aliphatic carbocycles. The Kier molecular flexibility index (Phi) is 6.22. The van der Waals surface area contributed by atoms with Crippen molar-refractivity contribution in [1.29, 1.82) is 0 Å². The smallest absolute Gasteiger partial charge is 0.252 e. The van der Waals surface area contributed by atoms with Gasteiger partial charge in [0, 0.05) is 44.3 Å². The van der Waals surface area contributed by atoms with E-state index < -0.39 is 23.6 Å². The summed E-state index contributed by atoms with van der Waals surface area (Å²) in [4.78, 5) is 26.2. The minimum absolute atomic E-state index is 0.0309. The van der Waals surface area contributed by atoms with E-state index in [1.165, 1.54) is 31.5 Å². The van der Waals surface area contributed by atoms with Crippen molar-refractivity contribution in [2.45, 2.75) is 6.04 Å². The summed E-state index contributed by atoms with van der Waals surface area (Å²) in [7, 11) is 4.87. The number of halogens is 2. The van der Waals surface area contributed by atoms with Gasteiger partial charge in [0.15, 0.2) is 11.6 Å². The number of nitrogens with zero attached hydrogens (tertiary/aromatic N) is 6. The van der Waals surface area contributed by atoms with Gasteiger partial charge >= 0.3 is 0 Å². The van der Waals surface area contributed by atoms with Gasteiger partial charge in [-0.05, 0) is 29.8 Å². The van der Waals surface area contributed by atoms with Crippen molar-refractivity contribution in [2.75, 3.05) is 12.4 Å². The summed E-state index contributed by atoms with van der Waals surface area (Å²) in [6, 6.07) is 7.86. The molecule has 188 valence electrons. The molecule has 0 spiro atoms. The minimum atomic E-state index is -0.820. The van der Waals surface area contributed by atoms with Gasteiger partial charge in [0.2, 0.25) is 5.95 Å². The predicted octanol–water partition coefficient (Wildman–Crippen LogP) is 3.65. The highest BCUT2D eigenvalue weighted by atomic mass is 19.1. The number of amides is 1. The van der Waals surface area contributed by atoms with Crippen molar-refractivity contribution in [3.8, 4) is 5.75 Å². The molecule has 5 rings (SSSR count). The molecule has 37 heavy (non-hydrogen) atoms. The number of aromatic nitrogens is 6. The molecule has 10 nitrogen and oxygen atoms in total. The second-order valence-electron chi connectivity index (χ2n) is 8.25. The van der Waals surface area contributed by atoms with Crippen molar-refractivity contribution < 1.29 is 18.3 Å². The van der Waals surface area contributed by atoms with Gasteiger partial charge in [0.1, 0.15) is 23.5 Å². The second-order valence-corrected chi connectivity index (χ2v) is 8.25. The lowest BCUT2D eigenvalue weighted by atomic mass is 10.0. The fourth-order valence-electron chi connectivity index (χ4n) is 3.92. The number of fused-ring (bicyclic) bond motifs is 1. The van der Waals surface area contributed by atoms with E-state index in [0.717, 1.165) is 6.07 Å². The number of carbonyl (C=O) groups excluding carboxylic acids is 1. The van der Waals surface area contributed by atoms with Crippen molar-refractivity contribution in [2.24, 2.45) is 14.1 Å². The first-order chi connectivity index (χ1) is 17.8. The highest BCUT2D eigenvalue weighted by Gasteiger charge is 2.24. The number of imidazole rings is 1.